The average molecular weight is 127 g/mol. The van der Waals surface area contributed by atoms with Crippen molar-refractivity contribution in [3.63, 3.8) is 0 Å². The largest absolute Gasteiger partial charge is 0.481 e. The predicted octanol–water partition coefficient (Wildman–Crippen LogP) is 1.23. The number of hydrogen-bond donors (Lipinski definition) is 1. The van der Waals surface area contributed by atoms with E-state index in [2.05, 4.69) is 6.92 Å². The zero-order valence-electron chi connectivity index (χ0n) is 5.92. The molecular weight excluding hydrogens is 114 g/mol. The van der Waals surface area contributed by atoms with E-state index in [0.717, 1.165) is 6.42 Å². The molecule has 0 radical (unpaired) electrons. The summed E-state index contributed by atoms with van der Waals surface area (Å²) in [6, 6.07) is 0. The lowest BCUT2D eigenvalue weighted by atomic mass is 9.95. The van der Waals surface area contributed by atoms with Crippen LogP contribution in [0.1, 0.15) is 20.3 Å². The lowest BCUT2D eigenvalue weighted by Gasteiger charge is -2.32. The van der Waals surface area contributed by atoms with Crippen LogP contribution in [-0.4, -0.2) is 5.72 Å². The molecule has 1 rings (SSSR count). The van der Waals surface area contributed by atoms with E-state index in [-0.39, 0.29) is 0 Å². The maximum absolute atomic E-state index is 5.75. The zero-order valence-corrected chi connectivity index (χ0v) is 5.92. The number of allylic oxidation sites excluding steroid dienone is 1. The first-order valence-corrected chi connectivity index (χ1v) is 3.24. The minimum Gasteiger partial charge on any atom is -0.481 e. The van der Waals surface area contributed by atoms with E-state index in [1.165, 1.54) is 0 Å². The van der Waals surface area contributed by atoms with Gasteiger partial charge in [0.25, 0.3) is 0 Å². The Morgan fingerprint density at radius 1 is 1.78 bits per heavy atom. The molecule has 0 aliphatic carbocycles. The Morgan fingerprint density at radius 3 is 2.78 bits per heavy atom. The molecule has 52 valence electrons. The number of hydrogen-bond acceptors (Lipinski definition) is 2. The first-order chi connectivity index (χ1) is 4.13. The van der Waals surface area contributed by atoms with Crippen molar-refractivity contribution in [2.24, 2.45) is 11.7 Å². The highest BCUT2D eigenvalue weighted by atomic mass is 16.5. The van der Waals surface area contributed by atoms with Crippen LogP contribution in [0.5, 0.6) is 0 Å². The Morgan fingerprint density at radius 2 is 2.44 bits per heavy atom. The second-order valence-electron chi connectivity index (χ2n) is 2.81. The normalized spacial score (nSPS) is 42.3. The van der Waals surface area contributed by atoms with Crippen LogP contribution in [0.15, 0.2) is 12.3 Å². The topological polar surface area (TPSA) is 35.2 Å². The van der Waals surface area contributed by atoms with Crippen molar-refractivity contribution < 1.29 is 4.74 Å². The van der Waals surface area contributed by atoms with Crippen LogP contribution in [0.3, 0.4) is 0 Å². The lowest BCUT2D eigenvalue weighted by Crippen LogP contribution is -2.45. The number of rotatable bonds is 0. The van der Waals surface area contributed by atoms with E-state index in [0.29, 0.717) is 5.92 Å². The fourth-order valence-electron chi connectivity index (χ4n) is 0.805. The Labute approximate surface area is 55.7 Å². The molecule has 1 aliphatic heterocycles. The molecule has 0 aromatic rings. The van der Waals surface area contributed by atoms with Gasteiger partial charge < -0.3 is 4.74 Å². The Kier molecular flexibility index (Phi) is 1.49. The molecule has 9 heavy (non-hydrogen) atoms. The van der Waals surface area contributed by atoms with Crippen LogP contribution in [0.4, 0.5) is 0 Å². The fourth-order valence-corrected chi connectivity index (χ4v) is 0.805. The summed E-state index contributed by atoms with van der Waals surface area (Å²) in [7, 11) is 0. The second-order valence-corrected chi connectivity index (χ2v) is 2.81. The van der Waals surface area contributed by atoms with Gasteiger partial charge in [0.1, 0.15) is 0 Å². The van der Waals surface area contributed by atoms with Gasteiger partial charge in [-0.1, -0.05) is 6.92 Å². The second kappa shape index (κ2) is 2.03. The van der Waals surface area contributed by atoms with Gasteiger partial charge in [0.05, 0.1) is 6.26 Å². The summed E-state index contributed by atoms with van der Waals surface area (Å²) in [4.78, 5) is 0. The fraction of sp³-hybridized carbons (Fsp3) is 0.714. The van der Waals surface area contributed by atoms with E-state index in [1.54, 1.807) is 6.26 Å². The summed E-state index contributed by atoms with van der Waals surface area (Å²) in [5.41, 5.74) is 5.30. The van der Waals surface area contributed by atoms with Gasteiger partial charge in [0, 0.05) is 5.92 Å². The van der Waals surface area contributed by atoms with Crippen molar-refractivity contribution in [1.29, 1.82) is 0 Å². The van der Waals surface area contributed by atoms with Gasteiger partial charge in [-0.3, -0.25) is 5.73 Å². The summed E-state index contributed by atoms with van der Waals surface area (Å²) in [5.74, 6) is 0.419. The van der Waals surface area contributed by atoms with Crippen LogP contribution >= 0.6 is 0 Å². The molecule has 0 bridgehead atoms. The van der Waals surface area contributed by atoms with Crippen molar-refractivity contribution in [2.45, 2.75) is 26.0 Å². The third-order valence-corrected chi connectivity index (χ3v) is 1.89. The van der Waals surface area contributed by atoms with Crippen molar-refractivity contribution >= 4 is 0 Å². The van der Waals surface area contributed by atoms with Crippen LogP contribution in [0, 0.1) is 5.92 Å². The maximum Gasteiger partial charge on any atom is 0.157 e. The molecule has 2 atom stereocenters. The van der Waals surface area contributed by atoms with Gasteiger partial charge in [0.15, 0.2) is 5.72 Å². The van der Waals surface area contributed by atoms with E-state index >= 15 is 0 Å². The van der Waals surface area contributed by atoms with Gasteiger partial charge in [-0.05, 0) is 19.4 Å². The Hall–Kier alpha value is -0.500. The molecule has 2 nitrogen and oxygen atoms in total. The van der Waals surface area contributed by atoms with Gasteiger partial charge in [-0.15, -0.1) is 0 Å². The van der Waals surface area contributed by atoms with Crippen LogP contribution in [-0.2, 0) is 4.74 Å². The molecule has 0 fully saturated rings. The third kappa shape index (κ3) is 1.24. The monoisotopic (exact) mass is 127 g/mol. The molecule has 0 saturated carbocycles. The van der Waals surface area contributed by atoms with Crippen LogP contribution in [0.2, 0.25) is 0 Å². The Balaban J connectivity index is 2.64. The number of nitrogens with two attached hydrogens (primary N) is 1. The minimum absolute atomic E-state index is 0.419. The molecule has 2 N–H and O–H groups in total. The van der Waals surface area contributed by atoms with Crippen molar-refractivity contribution in [3.8, 4) is 0 Å². The van der Waals surface area contributed by atoms with Gasteiger partial charge in [0.2, 0.25) is 0 Å². The molecule has 0 aromatic heterocycles. The molecule has 1 heterocycles. The van der Waals surface area contributed by atoms with Gasteiger partial charge in [-0.2, -0.15) is 0 Å². The molecule has 0 saturated heterocycles. The average Bonchev–Trinajstić information content (AvgIpc) is 1.77. The highest BCUT2D eigenvalue weighted by molar-refractivity contribution is 4.90. The maximum atomic E-state index is 5.75. The molecule has 2 heteroatoms. The predicted molar refractivity (Wildman–Crippen MR) is 36.6 cm³/mol. The van der Waals surface area contributed by atoms with E-state index in [9.17, 15) is 0 Å². The van der Waals surface area contributed by atoms with Gasteiger partial charge >= 0.3 is 0 Å². The molecular formula is C7H13NO. The molecule has 0 aromatic carbocycles. The van der Waals surface area contributed by atoms with Crippen molar-refractivity contribution in [1.82, 2.24) is 0 Å². The minimum atomic E-state index is -0.450. The number of ether oxygens (including phenoxy) is 1. The molecule has 2 unspecified atom stereocenters. The molecule has 0 amide bonds. The summed E-state index contributed by atoms with van der Waals surface area (Å²) >= 11 is 0. The summed E-state index contributed by atoms with van der Waals surface area (Å²) in [5, 5.41) is 0. The summed E-state index contributed by atoms with van der Waals surface area (Å²) in [6.45, 7) is 3.99. The van der Waals surface area contributed by atoms with Crippen molar-refractivity contribution in [3.05, 3.63) is 12.3 Å². The standard InChI is InChI=1S/C7H13NO/c1-6-4-3-5-9-7(6,2)8/h3,5-6H,4,8H2,1-2H3. The van der Waals surface area contributed by atoms with E-state index < -0.39 is 5.72 Å². The summed E-state index contributed by atoms with van der Waals surface area (Å²) < 4.78 is 5.17. The van der Waals surface area contributed by atoms with E-state index in [1.807, 2.05) is 13.0 Å². The van der Waals surface area contributed by atoms with Crippen LogP contribution < -0.4 is 5.73 Å². The zero-order chi connectivity index (χ0) is 6.91. The molecule has 0 spiro atoms. The quantitative estimate of drug-likeness (QED) is 0.531. The van der Waals surface area contributed by atoms with E-state index in [4.69, 9.17) is 10.5 Å². The van der Waals surface area contributed by atoms with Crippen molar-refractivity contribution in [2.75, 3.05) is 0 Å². The SMILES string of the molecule is CC1CC=COC1(C)N. The van der Waals surface area contributed by atoms with Crippen LogP contribution in [0.25, 0.3) is 0 Å². The smallest absolute Gasteiger partial charge is 0.157 e. The summed E-state index contributed by atoms with van der Waals surface area (Å²) in [6.07, 6.45) is 4.70. The first-order valence-electron chi connectivity index (χ1n) is 3.24. The molecule has 1 aliphatic rings. The Bertz CT molecular complexity index is 129. The highest BCUT2D eigenvalue weighted by Crippen LogP contribution is 2.23. The third-order valence-electron chi connectivity index (χ3n) is 1.89. The first kappa shape index (κ1) is 6.62. The lowest BCUT2D eigenvalue weighted by molar-refractivity contribution is -0.0144. The van der Waals surface area contributed by atoms with Gasteiger partial charge in [-0.25, -0.2) is 0 Å². The highest BCUT2D eigenvalue weighted by Gasteiger charge is 2.28.